The number of halogens is 2. The van der Waals surface area contributed by atoms with E-state index in [0.717, 1.165) is 11.3 Å². The molecule has 17 heavy (non-hydrogen) atoms. The number of hydrogen-bond acceptors (Lipinski definition) is 3. The van der Waals surface area contributed by atoms with Crippen LogP contribution in [0.4, 0.5) is 0 Å². The molecule has 0 radical (unpaired) electrons. The lowest BCUT2D eigenvalue weighted by molar-refractivity contribution is -0.136. The Labute approximate surface area is 110 Å². The van der Waals surface area contributed by atoms with Crippen molar-refractivity contribution < 1.29 is 14.3 Å². The monoisotopic (exact) mass is 274 g/mol. The van der Waals surface area contributed by atoms with Gasteiger partial charge in [-0.3, -0.25) is 4.79 Å². The Hall–Kier alpha value is -0.930. The molecule has 0 N–H and O–H groups in total. The van der Waals surface area contributed by atoms with Gasteiger partial charge in [0.25, 0.3) is 6.47 Å². The topological polar surface area (TPSA) is 35.5 Å². The van der Waals surface area contributed by atoms with Crippen LogP contribution in [0.1, 0.15) is 18.9 Å². The number of benzene rings is 1. The minimum Gasteiger partial charge on any atom is -0.494 e. The molecule has 0 aromatic heterocycles. The second-order valence-corrected chi connectivity index (χ2v) is 5.36. The van der Waals surface area contributed by atoms with Crippen LogP contribution in [0.2, 0.25) is 0 Å². The van der Waals surface area contributed by atoms with Gasteiger partial charge in [-0.25, -0.2) is 0 Å². The van der Waals surface area contributed by atoms with E-state index in [1.165, 1.54) is 0 Å². The molecule has 0 spiro atoms. The van der Waals surface area contributed by atoms with E-state index in [0.29, 0.717) is 19.5 Å². The van der Waals surface area contributed by atoms with E-state index < -0.39 is 9.93 Å². The molecular weight excluding hydrogens is 263 g/mol. The highest BCUT2D eigenvalue weighted by Crippen LogP contribution is 2.65. The Kier molecular flexibility index (Phi) is 3.23. The Morgan fingerprint density at radius 3 is 2.35 bits per heavy atom. The van der Waals surface area contributed by atoms with Gasteiger partial charge in [0.1, 0.15) is 5.75 Å². The van der Waals surface area contributed by atoms with Crippen molar-refractivity contribution in [3.8, 4) is 5.75 Å². The molecule has 0 bridgehead atoms. The summed E-state index contributed by atoms with van der Waals surface area (Å²) in [6, 6.07) is 7.22. The van der Waals surface area contributed by atoms with Gasteiger partial charge in [0.15, 0.2) is 9.93 Å². The van der Waals surface area contributed by atoms with Crippen molar-refractivity contribution in [1.82, 2.24) is 0 Å². The minimum absolute atomic E-state index is 0.378. The third-order valence-corrected chi connectivity index (χ3v) is 3.70. The molecule has 5 heteroatoms. The lowest BCUT2D eigenvalue weighted by Gasteiger charge is -2.17. The Balaban J connectivity index is 2.24. The number of ether oxygens (including phenoxy) is 2. The Morgan fingerprint density at radius 1 is 1.35 bits per heavy atom. The zero-order chi connectivity index (χ0) is 12.5. The number of rotatable bonds is 5. The van der Waals surface area contributed by atoms with Crippen molar-refractivity contribution in [2.45, 2.75) is 23.3 Å². The fourth-order valence-electron chi connectivity index (χ4n) is 1.85. The summed E-state index contributed by atoms with van der Waals surface area (Å²) in [4.78, 5) is 10.5. The van der Waals surface area contributed by atoms with E-state index in [9.17, 15) is 4.79 Å². The van der Waals surface area contributed by atoms with Crippen LogP contribution in [0.5, 0.6) is 5.75 Å². The minimum atomic E-state index is -1.04. The summed E-state index contributed by atoms with van der Waals surface area (Å²) < 4.78 is 9.35. The summed E-state index contributed by atoms with van der Waals surface area (Å²) in [5, 5.41) is 0. The van der Waals surface area contributed by atoms with Crippen LogP contribution in [0.15, 0.2) is 24.3 Å². The summed E-state index contributed by atoms with van der Waals surface area (Å²) in [6.07, 6.45) is 0.399. The molecule has 1 aromatic rings. The third kappa shape index (κ3) is 2.09. The molecule has 1 fully saturated rings. The normalized spacial score (nSPS) is 25.1. The summed E-state index contributed by atoms with van der Waals surface area (Å²) in [5.74, 6) is 0.757. The fraction of sp³-hybridized carbons (Fsp3) is 0.417. The van der Waals surface area contributed by atoms with Crippen molar-refractivity contribution in [2.24, 2.45) is 0 Å². The van der Waals surface area contributed by atoms with Crippen molar-refractivity contribution >= 4 is 29.7 Å². The van der Waals surface area contributed by atoms with Gasteiger partial charge >= 0.3 is 0 Å². The predicted octanol–water partition coefficient (Wildman–Crippen LogP) is 3.03. The number of hydrogen-bond donors (Lipinski definition) is 0. The van der Waals surface area contributed by atoms with Gasteiger partial charge < -0.3 is 9.47 Å². The zero-order valence-corrected chi connectivity index (χ0v) is 10.8. The third-order valence-electron chi connectivity index (χ3n) is 2.82. The molecule has 0 heterocycles. The Bertz CT molecular complexity index is 416. The van der Waals surface area contributed by atoms with Crippen LogP contribution in [-0.4, -0.2) is 17.4 Å². The van der Waals surface area contributed by atoms with Crippen LogP contribution in [-0.2, 0) is 15.1 Å². The maximum Gasteiger partial charge on any atom is 0.294 e. The molecular formula is C12H12Cl2O3. The zero-order valence-electron chi connectivity index (χ0n) is 9.28. The number of carbonyl (C=O) groups excluding carboxylic acids is 1. The summed E-state index contributed by atoms with van der Waals surface area (Å²) in [5.41, 5.74) is -0.138. The van der Waals surface area contributed by atoms with Gasteiger partial charge in [-0.1, -0.05) is 35.3 Å². The first-order valence-electron chi connectivity index (χ1n) is 5.28. The van der Waals surface area contributed by atoms with Crippen molar-refractivity contribution in [3.05, 3.63) is 29.8 Å². The fourth-order valence-corrected chi connectivity index (χ4v) is 2.53. The van der Waals surface area contributed by atoms with Crippen LogP contribution in [0.3, 0.4) is 0 Å². The molecule has 92 valence electrons. The SMILES string of the molecule is CCOc1ccc(C2(OC=O)CC2(Cl)Cl)cc1. The van der Waals surface area contributed by atoms with E-state index in [1.807, 2.05) is 6.92 Å². The maximum absolute atomic E-state index is 10.5. The van der Waals surface area contributed by atoms with E-state index in [2.05, 4.69) is 0 Å². The first-order chi connectivity index (χ1) is 8.05. The highest BCUT2D eigenvalue weighted by Gasteiger charge is 2.70. The van der Waals surface area contributed by atoms with Gasteiger partial charge in [-0.2, -0.15) is 0 Å². The first kappa shape index (κ1) is 12.5. The summed E-state index contributed by atoms with van der Waals surface area (Å²) in [7, 11) is 0. The van der Waals surface area contributed by atoms with E-state index in [1.54, 1.807) is 24.3 Å². The highest BCUT2D eigenvalue weighted by molar-refractivity contribution is 6.52. The smallest absolute Gasteiger partial charge is 0.294 e. The standard InChI is InChI=1S/C12H12Cl2O3/c1-2-16-10-5-3-9(4-6-10)11(17-8-15)7-12(11,13)14/h3-6,8H,2,7H2,1H3. The van der Waals surface area contributed by atoms with Crippen molar-refractivity contribution in [1.29, 1.82) is 0 Å². The molecule has 0 aliphatic heterocycles. The highest BCUT2D eigenvalue weighted by atomic mass is 35.5. The molecule has 1 aromatic carbocycles. The summed E-state index contributed by atoms with van der Waals surface area (Å²) in [6.45, 7) is 2.89. The quantitative estimate of drug-likeness (QED) is 0.612. The maximum atomic E-state index is 10.5. The average molecular weight is 275 g/mol. The molecule has 1 saturated carbocycles. The lowest BCUT2D eigenvalue weighted by atomic mass is 10.1. The molecule has 3 nitrogen and oxygen atoms in total. The molecule has 0 saturated heterocycles. The van der Waals surface area contributed by atoms with Gasteiger partial charge in [0.05, 0.1) is 6.61 Å². The largest absolute Gasteiger partial charge is 0.494 e. The molecule has 1 atom stereocenters. The lowest BCUT2D eigenvalue weighted by Crippen LogP contribution is -2.18. The predicted molar refractivity (Wildman–Crippen MR) is 65.5 cm³/mol. The van der Waals surface area contributed by atoms with Gasteiger partial charge in [0, 0.05) is 6.42 Å². The first-order valence-corrected chi connectivity index (χ1v) is 6.04. The van der Waals surface area contributed by atoms with E-state index in [-0.39, 0.29) is 0 Å². The second kappa shape index (κ2) is 4.39. The van der Waals surface area contributed by atoms with Crippen LogP contribution < -0.4 is 4.74 Å². The molecule has 0 amide bonds. The van der Waals surface area contributed by atoms with Crippen LogP contribution in [0.25, 0.3) is 0 Å². The number of alkyl halides is 2. The average Bonchev–Trinajstić information content (AvgIpc) is 2.84. The van der Waals surface area contributed by atoms with Crippen LogP contribution in [0, 0.1) is 0 Å². The molecule has 1 aliphatic rings. The number of carbonyl (C=O) groups is 1. The molecule has 2 rings (SSSR count). The van der Waals surface area contributed by atoms with Crippen molar-refractivity contribution in [2.75, 3.05) is 6.61 Å². The van der Waals surface area contributed by atoms with Gasteiger partial charge in [-0.05, 0) is 24.6 Å². The summed E-state index contributed by atoms with van der Waals surface area (Å²) >= 11 is 12.1. The van der Waals surface area contributed by atoms with E-state index in [4.69, 9.17) is 32.7 Å². The molecule has 1 aliphatic carbocycles. The van der Waals surface area contributed by atoms with E-state index >= 15 is 0 Å². The van der Waals surface area contributed by atoms with Gasteiger partial charge in [0.2, 0.25) is 0 Å². The Morgan fingerprint density at radius 2 is 1.94 bits per heavy atom. The van der Waals surface area contributed by atoms with Gasteiger partial charge in [-0.15, -0.1) is 0 Å². The van der Waals surface area contributed by atoms with Crippen LogP contribution >= 0.6 is 23.2 Å². The second-order valence-electron chi connectivity index (χ2n) is 3.88. The van der Waals surface area contributed by atoms with Crippen molar-refractivity contribution in [3.63, 3.8) is 0 Å². The molecule has 1 unspecified atom stereocenters.